The Morgan fingerprint density at radius 1 is 1.30 bits per heavy atom. The minimum atomic E-state index is 0. The molecule has 8 heteroatoms. The monoisotopic (exact) mass is 550 g/mol. The number of guanidine groups is 1. The number of hydrogen-bond acceptors (Lipinski definition) is 5. The Morgan fingerprint density at radius 2 is 2.07 bits per heavy atom. The molecule has 6 nitrogen and oxygen atoms in total. The predicted molar refractivity (Wildman–Crippen MR) is 136 cm³/mol. The van der Waals surface area contributed by atoms with Crippen LogP contribution in [0, 0.1) is 12.3 Å². The van der Waals surface area contributed by atoms with Gasteiger partial charge in [0.05, 0.1) is 19.3 Å². The summed E-state index contributed by atoms with van der Waals surface area (Å²) in [6.07, 6.45) is 4.96. The first kappa shape index (κ1) is 25.8. The zero-order valence-corrected chi connectivity index (χ0v) is 21.9. The highest BCUT2D eigenvalue weighted by atomic mass is 127. The molecule has 0 spiro atoms. The van der Waals surface area contributed by atoms with Crippen molar-refractivity contribution in [3.63, 3.8) is 0 Å². The van der Waals surface area contributed by atoms with E-state index in [1.165, 1.54) is 29.0 Å². The second-order valence-electron chi connectivity index (χ2n) is 8.28. The number of ether oxygens (including phenoxy) is 2. The average Bonchev–Trinajstić information content (AvgIpc) is 3.13. The minimum Gasteiger partial charge on any atom is -0.385 e. The molecule has 2 fully saturated rings. The van der Waals surface area contributed by atoms with E-state index in [2.05, 4.69) is 41.5 Å². The lowest BCUT2D eigenvalue weighted by molar-refractivity contribution is 0.0177. The van der Waals surface area contributed by atoms with Gasteiger partial charge < -0.3 is 20.1 Å². The number of hydrogen-bond donors (Lipinski definition) is 2. The topological polar surface area (TPSA) is 58.1 Å². The standard InChI is InChI=1S/C22H38N4O2S.HI/c1-4-23-21(25-17-22(8-5-9-22)10-13-27-3)24-16-19(20-7-6-18(2)29-20)26-11-14-28-15-12-26;/h6-7,19H,4-5,8-17H2,1-3H3,(H2,23,24,25);1H. The first-order chi connectivity index (χ1) is 14.2. The molecule has 172 valence electrons. The van der Waals surface area contributed by atoms with E-state index in [1.54, 1.807) is 7.11 Å². The molecule has 0 aromatic carbocycles. The fraction of sp³-hybridized carbons (Fsp3) is 0.773. The number of halogens is 1. The molecule has 1 aromatic heterocycles. The maximum absolute atomic E-state index is 5.58. The van der Waals surface area contributed by atoms with Crippen molar-refractivity contribution < 1.29 is 9.47 Å². The van der Waals surface area contributed by atoms with Gasteiger partial charge in [-0.15, -0.1) is 35.3 Å². The second kappa shape index (κ2) is 13.2. The summed E-state index contributed by atoms with van der Waals surface area (Å²) in [5.74, 6) is 0.933. The van der Waals surface area contributed by atoms with Gasteiger partial charge in [-0.25, -0.2) is 0 Å². The number of morpholine rings is 1. The Balaban J connectivity index is 0.00000320. The largest absolute Gasteiger partial charge is 0.385 e. The van der Waals surface area contributed by atoms with Crippen molar-refractivity contribution in [1.82, 2.24) is 15.5 Å². The van der Waals surface area contributed by atoms with Crippen LogP contribution in [0.2, 0.25) is 0 Å². The molecule has 2 heterocycles. The zero-order chi connectivity index (χ0) is 20.5. The van der Waals surface area contributed by atoms with E-state index in [1.807, 2.05) is 11.3 Å². The molecule has 1 unspecified atom stereocenters. The van der Waals surface area contributed by atoms with Gasteiger partial charge >= 0.3 is 0 Å². The lowest BCUT2D eigenvalue weighted by Gasteiger charge is -2.41. The predicted octanol–water partition coefficient (Wildman–Crippen LogP) is 3.81. The van der Waals surface area contributed by atoms with Gasteiger partial charge in [-0.2, -0.15) is 0 Å². The van der Waals surface area contributed by atoms with E-state index >= 15 is 0 Å². The van der Waals surface area contributed by atoms with Crippen molar-refractivity contribution in [3.05, 3.63) is 21.9 Å². The highest BCUT2D eigenvalue weighted by molar-refractivity contribution is 14.0. The Bertz CT molecular complexity index is 645. The lowest BCUT2D eigenvalue weighted by atomic mass is 9.67. The first-order valence-electron chi connectivity index (χ1n) is 11.0. The highest BCUT2D eigenvalue weighted by Crippen LogP contribution is 2.44. The van der Waals surface area contributed by atoms with Crippen molar-refractivity contribution in [2.45, 2.75) is 45.6 Å². The fourth-order valence-electron chi connectivity index (χ4n) is 4.20. The molecule has 0 amide bonds. The molecule has 2 N–H and O–H groups in total. The number of thiophene rings is 1. The number of nitrogens with zero attached hydrogens (tertiary/aromatic N) is 2. The van der Waals surface area contributed by atoms with E-state index < -0.39 is 0 Å². The van der Waals surface area contributed by atoms with Crippen molar-refractivity contribution in [1.29, 1.82) is 0 Å². The Labute approximate surface area is 203 Å². The molecule has 1 saturated carbocycles. The Kier molecular flexibility index (Phi) is 11.4. The van der Waals surface area contributed by atoms with Crippen LogP contribution < -0.4 is 10.6 Å². The third kappa shape index (κ3) is 7.32. The fourth-order valence-corrected chi connectivity index (χ4v) is 5.21. The van der Waals surface area contributed by atoms with Crippen LogP contribution in [-0.4, -0.2) is 70.5 Å². The van der Waals surface area contributed by atoms with Gasteiger partial charge in [0.15, 0.2) is 5.96 Å². The van der Waals surface area contributed by atoms with E-state index in [0.717, 1.165) is 64.9 Å². The van der Waals surface area contributed by atoms with E-state index in [-0.39, 0.29) is 24.0 Å². The maximum Gasteiger partial charge on any atom is 0.191 e. The molecule has 1 atom stereocenters. The molecule has 1 aromatic rings. The maximum atomic E-state index is 5.58. The summed E-state index contributed by atoms with van der Waals surface area (Å²) in [4.78, 5) is 10.3. The first-order valence-corrected chi connectivity index (χ1v) is 11.9. The quantitative estimate of drug-likeness (QED) is 0.264. The third-order valence-electron chi connectivity index (χ3n) is 6.21. The highest BCUT2D eigenvalue weighted by Gasteiger charge is 2.36. The van der Waals surface area contributed by atoms with Crippen molar-refractivity contribution in [2.75, 3.05) is 59.7 Å². The van der Waals surface area contributed by atoms with Crippen LogP contribution in [-0.2, 0) is 9.47 Å². The van der Waals surface area contributed by atoms with Crippen LogP contribution in [0.3, 0.4) is 0 Å². The number of methoxy groups -OCH3 is 1. The van der Waals surface area contributed by atoms with Gasteiger partial charge in [0.25, 0.3) is 0 Å². The van der Waals surface area contributed by atoms with Crippen molar-refractivity contribution in [2.24, 2.45) is 10.4 Å². The van der Waals surface area contributed by atoms with Crippen LogP contribution in [0.1, 0.15) is 48.4 Å². The minimum absolute atomic E-state index is 0. The Hall–Kier alpha value is -0.420. The van der Waals surface area contributed by atoms with Crippen LogP contribution in [0.15, 0.2) is 17.1 Å². The summed E-state index contributed by atoms with van der Waals surface area (Å²) in [5, 5.41) is 7.08. The molecular formula is C22H39IN4O2S. The van der Waals surface area contributed by atoms with Gasteiger partial charge in [-0.1, -0.05) is 6.42 Å². The zero-order valence-electron chi connectivity index (χ0n) is 18.7. The second-order valence-corrected chi connectivity index (χ2v) is 9.60. The van der Waals surface area contributed by atoms with E-state index in [0.29, 0.717) is 11.5 Å². The van der Waals surface area contributed by atoms with Crippen molar-refractivity contribution in [3.8, 4) is 0 Å². The van der Waals surface area contributed by atoms with Gasteiger partial charge in [-0.3, -0.25) is 9.89 Å². The lowest BCUT2D eigenvalue weighted by Crippen LogP contribution is -2.46. The molecule has 0 radical (unpaired) electrons. The number of nitrogens with one attached hydrogen (secondary N) is 2. The SMILES string of the molecule is CCNC(=NCC1(CCOC)CCC1)NCC(c1ccc(C)s1)N1CCOCC1.I. The van der Waals surface area contributed by atoms with Crippen LogP contribution in [0.25, 0.3) is 0 Å². The van der Waals surface area contributed by atoms with E-state index in [9.17, 15) is 0 Å². The van der Waals surface area contributed by atoms with E-state index in [4.69, 9.17) is 14.5 Å². The summed E-state index contributed by atoms with van der Waals surface area (Å²) in [7, 11) is 1.79. The average molecular weight is 551 g/mol. The summed E-state index contributed by atoms with van der Waals surface area (Å²) < 4.78 is 10.9. The molecule has 0 bridgehead atoms. The summed E-state index contributed by atoms with van der Waals surface area (Å²) in [6.45, 7) is 11.4. The van der Waals surface area contributed by atoms with Gasteiger partial charge in [0.2, 0.25) is 0 Å². The van der Waals surface area contributed by atoms with Crippen LogP contribution in [0.5, 0.6) is 0 Å². The normalized spacial score (nSPS) is 20.2. The third-order valence-corrected chi connectivity index (χ3v) is 7.31. The molecule has 1 aliphatic carbocycles. The molecule has 30 heavy (non-hydrogen) atoms. The Morgan fingerprint density at radius 3 is 2.63 bits per heavy atom. The molecule has 2 aliphatic rings. The van der Waals surface area contributed by atoms with Crippen LogP contribution in [0.4, 0.5) is 0 Å². The molecule has 1 aliphatic heterocycles. The van der Waals surface area contributed by atoms with Crippen molar-refractivity contribution >= 4 is 41.3 Å². The van der Waals surface area contributed by atoms with Gasteiger partial charge in [0, 0.05) is 56.2 Å². The molecule has 3 rings (SSSR count). The van der Waals surface area contributed by atoms with Gasteiger partial charge in [0.1, 0.15) is 0 Å². The summed E-state index contributed by atoms with van der Waals surface area (Å²) >= 11 is 1.90. The molecule has 1 saturated heterocycles. The smallest absolute Gasteiger partial charge is 0.191 e. The van der Waals surface area contributed by atoms with Gasteiger partial charge in [-0.05, 0) is 50.7 Å². The summed E-state index contributed by atoms with van der Waals surface area (Å²) in [6, 6.07) is 4.86. The number of rotatable bonds is 10. The van der Waals surface area contributed by atoms with Crippen LogP contribution >= 0.6 is 35.3 Å². The summed E-state index contributed by atoms with van der Waals surface area (Å²) in [5.41, 5.74) is 0.340. The number of aryl methyl sites for hydroxylation is 1. The number of aliphatic imine (C=N–C) groups is 1. The molecular weight excluding hydrogens is 511 g/mol.